The summed E-state index contributed by atoms with van der Waals surface area (Å²) >= 11 is 0. The predicted octanol–water partition coefficient (Wildman–Crippen LogP) is 4.69. The number of hydrogen-bond donors (Lipinski definition) is 3. The summed E-state index contributed by atoms with van der Waals surface area (Å²) in [5.41, 5.74) is 2.23. The SMILES string of the molecule is Cc1ccc(C(=O)NCCC2CCCC2)cc1C(=O)Nc1ccc(NC(=O)C2CCC2)nc1. The van der Waals surface area contributed by atoms with E-state index >= 15 is 0 Å². The van der Waals surface area contributed by atoms with Crippen LogP contribution in [0.15, 0.2) is 36.5 Å². The van der Waals surface area contributed by atoms with E-state index in [-0.39, 0.29) is 23.6 Å². The Bertz CT molecular complexity index is 1010. The van der Waals surface area contributed by atoms with Crippen LogP contribution in [0.4, 0.5) is 11.5 Å². The first kappa shape index (κ1) is 23.0. The number of carbonyl (C=O) groups excluding carboxylic acids is 3. The van der Waals surface area contributed by atoms with Gasteiger partial charge in [-0.2, -0.15) is 0 Å². The van der Waals surface area contributed by atoms with Gasteiger partial charge in [-0.3, -0.25) is 14.4 Å². The summed E-state index contributed by atoms with van der Waals surface area (Å²) < 4.78 is 0. The van der Waals surface area contributed by atoms with Crippen LogP contribution < -0.4 is 16.0 Å². The van der Waals surface area contributed by atoms with Gasteiger partial charge in [0.15, 0.2) is 0 Å². The minimum Gasteiger partial charge on any atom is -0.352 e. The summed E-state index contributed by atoms with van der Waals surface area (Å²) in [6, 6.07) is 8.55. The Hall–Kier alpha value is -3.22. The molecule has 2 aliphatic rings. The summed E-state index contributed by atoms with van der Waals surface area (Å²) in [7, 11) is 0. The van der Waals surface area contributed by atoms with Crippen molar-refractivity contribution in [2.75, 3.05) is 17.2 Å². The van der Waals surface area contributed by atoms with E-state index in [9.17, 15) is 14.4 Å². The van der Waals surface area contributed by atoms with Crippen molar-refractivity contribution < 1.29 is 14.4 Å². The predicted molar refractivity (Wildman–Crippen MR) is 128 cm³/mol. The Labute approximate surface area is 194 Å². The maximum atomic E-state index is 12.9. The molecule has 2 saturated carbocycles. The van der Waals surface area contributed by atoms with E-state index in [2.05, 4.69) is 20.9 Å². The van der Waals surface area contributed by atoms with Crippen molar-refractivity contribution in [2.45, 2.75) is 58.3 Å². The molecule has 1 heterocycles. The van der Waals surface area contributed by atoms with Gasteiger partial charge in [0.1, 0.15) is 5.82 Å². The molecule has 3 amide bonds. The summed E-state index contributed by atoms with van der Waals surface area (Å²) in [4.78, 5) is 41.7. The van der Waals surface area contributed by atoms with Gasteiger partial charge in [0.05, 0.1) is 11.9 Å². The number of amides is 3. The Morgan fingerprint density at radius 2 is 1.73 bits per heavy atom. The van der Waals surface area contributed by atoms with Gasteiger partial charge in [0, 0.05) is 23.6 Å². The van der Waals surface area contributed by atoms with E-state index in [1.807, 2.05) is 6.92 Å². The molecule has 7 heteroatoms. The standard InChI is InChI=1S/C26H32N4O3/c1-17-9-10-20(24(31)27-14-13-18-5-2-3-6-18)15-22(17)26(33)29-21-11-12-23(28-16-21)30-25(32)19-7-4-8-19/h9-12,15-16,18-19H,2-8,13-14H2,1H3,(H,27,31)(H,29,33)(H,28,30,32). The third-order valence-electron chi connectivity index (χ3n) is 6.81. The Morgan fingerprint density at radius 3 is 2.39 bits per heavy atom. The number of nitrogens with zero attached hydrogens (tertiary/aromatic N) is 1. The number of aryl methyl sites for hydroxylation is 1. The molecule has 174 valence electrons. The maximum absolute atomic E-state index is 12.9. The number of pyridine rings is 1. The molecular weight excluding hydrogens is 416 g/mol. The molecule has 0 aliphatic heterocycles. The smallest absolute Gasteiger partial charge is 0.255 e. The number of rotatable bonds is 8. The van der Waals surface area contributed by atoms with Crippen LogP contribution in [0.25, 0.3) is 0 Å². The fraction of sp³-hybridized carbons (Fsp3) is 0.462. The van der Waals surface area contributed by atoms with Crippen LogP contribution in [-0.2, 0) is 4.79 Å². The number of carbonyl (C=O) groups is 3. The molecule has 0 saturated heterocycles. The first-order valence-electron chi connectivity index (χ1n) is 12.0. The van der Waals surface area contributed by atoms with Crippen LogP contribution in [-0.4, -0.2) is 29.3 Å². The largest absolute Gasteiger partial charge is 0.352 e. The van der Waals surface area contributed by atoms with Crippen LogP contribution >= 0.6 is 0 Å². The van der Waals surface area contributed by atoms with E-state index in [4.69, 9.17) is 0 Å². The molecule has 2 aliphatic carbocycles. The van der Waals surface area contributed by atoms with Crippen LogP contribution in [0.5, 0.6) is 0 Å². The number of nitrogens with one attached hydrogen (secondary N) is 3. The molecule has 33 heavy (non-hydrogen) atoms. The number of benzene rings is 1. The van der Waals surface area contributed by atoms with Gasteiger partial charge in [0.25, 0.3) is 11.8 Å². The van der Waals surface area contributed by atoms with Crippen molar-refractivity contribution in [2.24, 2.45) is 11.8 Å². The molecule has 0 spiro atoms. The molecule has 0 radical (unpaired) electrons. The van der Waals surface area contributed by atoms with Gasteiger partial charge in [-0.1, -0.05) is 38.2 Å². The first-order chi connectivity index (χ1) is 16.0. The zero-order valence-corrected chi connectivity index (χ0v) is 19.2. The highest BCUT2D eigenvalue weighted by Crippen LogP contribution is 2.28. The van der Waals surface area contributed by atoms with Crippen molar-refractivity contribution in [3.63, 3.8) is 0 Å². The molecule has 0 bridgehead atoms. The van der Waals surface area contributed by atoms with Crippen molar-refractivity contribution in [3.05, 3.63) is 53.2 Å². The summed E-state index contributed by atoms with van der Waals surface area (Å²) in [5, 5.41) is 8.62. The van der Waals surface area contributed by atoms with Crippen LogP contribution in [0, 0.1) is 18.8 Å². The summed E-state index contributed by atoms with van der Waals surface area (Å²) in [5.74, 6) is 0.811. The van der Waals surface area contributed by atoms with Crippen molar-refractivity contribution in [1.29, 1.82) is 0 Å². The van der Waals surface area contributed by atoms with Crippen LogP contribution in [0.3, 0.4) is 0 Å². The van der Waals surface area contributed by atoms with E-state index in [1.54, 1.807) is 30.3 Å². The zero-order chi connectivity index (χ0) is 23.2. The zero-order valence-electron chi connectivity index (χ0n) is 19.2. The van der Waals surface area contributed by atoms with Gasteiger partial charge in [-0.05, 0) is 61.9 Å². The molecule has 7 nitrogen and oxygen atoms in total. The average molecular weight is 449 g/mol. The highest BCUT2D eigenvalue weighted by Gasteiger charge is 2.25. The Balaban J connectivity index is 1.33. The maximum Gasteiger partial charge on any atom is 0.255 e. The molecule has 1 aromatic heterocycles. The number of anilines is 2. The van der Waals surface area contributed by atoms with Gasteiger partial charge in [-0.15, -0.1) is 0 Å². The van der Waals surface area contributed by atoms with Gasteiger partial charge in [0.2, 0.25) is 5.91 Å². The minimum absolute atomic E-state index is 0.000468. The third-order valence-corrected chi connectivity index (χ3v) is 6.81. The van der Waals surface area contributed by atoms with E-state index < -0.39 is 0 Å². The van der Waals surface area contributed by atoms with Gasteiger partial charge >= 0.3 is 0 Å². The lowest BCUT2D eigenvalue weighted by atomic mass is 9.85. The molecule has 2 aromatic rings. The first-order valence-corrected chi connectivity index (χ1v) is 12.0. The highest BCUT2D eigenvalue weighted by atomic mass is 16.2. The lowest BCUT2D eigenvalue weighted by molar-refractivity contribution is -0.122. The molecular formula is C26H32N4O3. The Kier molecular flexibility index (Phi) is 7.37. The quantitative estimate of drug-likeness (QED) is 0.545. The fourth-order valence-electron chi connectivity index (χ4n) is 4.44. The van der Waals surface area contributed by atoms with E-state index in [1.165, 1.54) is 31.9 Å². The molecule has 0 unspecified atom stereocenters. The van der Waals surface area contributed by atoms with Gasteiger partial charge < -0.3 is 16.0 Å². The number of hydrogen-bond acceptors (Lipinski definition) is 4. The summed E-state index contributed by atoms with van der Waals surface area (Å²) in [6.07, 6.45) is 10.6. The van der Waals surface area contributed by atoms with Crippen LogP contribution in [0.2, 0.25) is 0 Å². The topological polar surface area (TPSA) is 100 Å². The summed E-state index contributed by atoms with van der Waals surface area (Å²) in [6.45, 7) is 2.50. The monoisotopic (exact) mass is 448 g/mol. The second-order valence-electron chi connectivity index (χ2n) is 9.23. The third kappa shape index (κ3) is 5.97. The second-order valence-corrected chi connectivity index (χ2v) is 9.23. The normalized spacial score (nSPS) is 16.2. The lowest BCUT2D eigenvalue weighted by Gasteiger charge is -2.23. The average Bonchev–Trinajstić information content (AvgIpc) is 3.27. The van der Waals surface area contributed by atoms with Gasteiger partial charge in [-0.25, -0.2) is 4.98 Å². The van der Waals surface area contributed by atoms with E-state index in [0.29, 0.717) is 29.2 Å². The van der Waals surface area contributed by atoms with Crippen molar-refractivity contribution in [3.8, 4) is 0 Å². The minimum atomic E-state index is -0.304. The van der Waals surface area contributed by atoms with Crippen LogP contribution in [0.1, 0.15) is 77.6 Å². The van der Waals surface area contributed by atoms with E-state index in [0.717, 1.165) is 37.2 Å². The second kappa shape index (κ2) is 10.6. The molecule has 1 aromatic carbocycles. The molecule has 3 N–H and O–H groups in total. The molecule has 4 rings (SSSR count). The highest BCUT2D eigenvalue weighted by molar-refractivity contribution is 6.07. The molecule has 0 atom stereocenters. The fourth-order valence-corrected chi connectivity index (χ4v) is 4.44. The Morgan fingerprint density at radius 1 is 0.939 bits per heavy atom. The number of aromatic nitrogens is 1. The van der Waals surface area contributed by atoms with Crippen molar-refractivity contribution in [1.82, 2.24) is 10.3 Å². The molecule has 2 fully saturated rings. The lowest BCUT2D eigenvalue weighted by Crippen LogP contribution is -2.28. The van der Waals surface area contributed by atoms with Crippen molar-refractivity contribution >= 4 is 29.2 Å².